The van der Waals surface area contributed by atoms with Gasteiger partial charge in [-0.2, -0.15) is 13.2 Å². The molecule has 1 amide bonds. The van der Waals surface area contributed by atoms with Crippen molar-refractivity contribution in [2.75, 3.05) is 6.54 Å². The van der Waals surface area contributed by atoms with E-state index in [9.17, 15) is 18.0 Å². The Morgan fingerprint density at radius 3 is 2.44 bits per heavy atom. The first-order chi connectivity index (χ1) is 7.20. The summed E-state index contributed by atoms with van der Waals surface area (Å²) >= 11 is 0. The summed E-state index contributed by atoms with van der Waals surface area (Å²) in [5.41, 5.74) is 0. The number of nitrogens with one attached hydrogen (secondary N) is 1. The molecule has 1 N–H and O–H groups in total. The van der Waals surface area contributed by atoms with Crippen LogP contribution in [0.1, 0.15) is 27.2 Å². The molecule has 1 fully saturated rings. The lowest BCUT2D eigenvalue weighted by Crippen LogP contribution is -2.41. The van der Waals surface area contributed by atoms with Crippen LogP contribution in [0.5, 0.6) is 0 Å². The second-order valence-corrected chi connectivity index (χ2v) is 4.61. The van der Waals surface area contributed by atoms with Gasteiger partial charge in [-0.15, -0.1) is 0 Å². The van der Waals surface area contributed by atoms with E-state index < -0.39 is 30.8 Å². The van der Waals surface area contributed by atoms with Crippen molar-refractivity contribution in [1.82, 2.24) is 10.2 Å². The van der Waals surface area contributed by atoms with Crippen molar-refractivity contribution in [3.05, 3.63) is 0 Å². The lowest BCUT2D eigenvalue weighted by molar-refractivity contribution is -0.161. The highest BCUT2D eigenvalue weighted by atomic mass is 19.4. The summed E-state index contributed by atoms with van der Waals surface area (Å²) in [6.07, 6.45) is -4.31. The maximum Gasteiger partial charge on any atom is 0.406 e. The van der Waals surface area contributed by atoms with Crippen molar-refractivity contribution >= 4 is 5.91 Å². The van der Waals surface area contributed by atoms with Gasteiger partial charge in [-0.05, 0) is 19.3 Å². The SMILES string of the molecule is CC(C)CC1NC(C)N(CC(F)(F)F)C1=O. The normalized spacial score (nSPS) is 26.9. The van der Waals surface area contributed by atoms with Gasteiger partial charge in [-0.1, -0.05) is 13.8 Å². The first-order valence-electron chi connectivity index (χ1n) is 5.34. The highest BCUT2D eigenvalue weighted by Gasteiger charge is 2.42. The molecule has 0 aliphatic carbocycles. The quantitative estimate of drug-likeness (QED) is 0.812. The maximum absolute atomic E-state index is 12.2. The molecule has 0 saturated carbocycles. The Morgan fingerprint density at radius 2 is 2.00 bits per heavy atom. The van der Waals surface area contributed by atoms with Crippen molar-refractivity contribution in [2.24, 2.45) is 5.92 Å². The van der Waals surface area contributed by atoms with Crippen LogP contribution in [0.25, 0.3) is 0 Å². The first kappa shape index (κ1) is 13.3. The largest absolute Gasteiger partial charge is 0.406 e. The maximum atomic E-state index is 12.2. The van der Waals surface area contributed by atoms with Gasteiger partial charge >= 0.3 is 6.18 Å². The van der Waals surface area contributed by atoms with Crippen molar-refractivity contribution in [3.63, 3.8) is 0 Å². The Morgan fingerprint density at radius 1 is 1.44 bits per heavy atom. The summed E-state index contributed by atoms with van der Waals surface area (Å²) in [6, 6.07) is -0.475. The smallest absolute Gasteiger partial charge is 0.317 e. The lowest BCUT2D eigenvalue weighted by atomic mass is 10.0. The molecule has 1 heterocycles. The molecule has 0 aromatic carbocycles. The third-order valence-corrected chi connectivity index (χ3v) is 2.55. The molecule has 1 rings (SSSR count). The van der Waals surface area contributed by atoms with Crippen LogP contribution in [0.3, 0.4) is 0 Å². The van der Waals surface area contributed by atoms with E-state index in [2.05, 4.69) is 5.32 Å². The number of carbonyl (C=O) groups excluding carboxylic acids is 1. The zero-order valence-electron chi connectivity index (χ0n) is 9.64. The number of hydrogen-bond donors (Lipinski definition) is 1. The molecule has 0 spiro atoms. The zero-order valence-corrected chi connectivity index (χ0v) is 9.64. The average Bonchev–Trinajstić information content (AvgIpc) is 2.29. The minimum atomic E-state index is -4.33. The molecule has 0 aromatic heterocycles. The molecule has 1 aliphatic rings. The number of halogens is 3. The van der Waals surface area contributed by atoms with Crippen LogP contribution >= 0.6 is 0 Å². The van der Waals surface area contributed by atoms with Crippen LogP contribution in [-0.2, 0) is 4.79 Å². The van der Waals surface area contributed by atoms with Gasteiger partial charge < -0.3 is 4.90 Å². The Bertz CT molecular complexity index is 265. The third-order valence-electron chi connectivity index (χ3n) is 2.55. The average molecular weight is 238 g/mol. The zero-order chi connectivity index (χ0) is 12.5. The van der Waals surface area contributed by atoms with Crippen molar-refractivity contribution in [3.8, 4) is 0 Å². The number of alkyl halides is 3. The van der Waals surface area contributed by atoms with Gasteiger partial charge in [0.05, 0.1) is 12.2 Å². The minimum absolute atomic E-state index is 0.277. The van der Waals surface area contributed by atoms with E-state index >= 15 is 0 Å². The van der Waals surface area contributed by atoms with Gasteiger partial charge in [-0.3, -0.25) is 10.1 Å². The summed E-state index contributed by atoms with van der Waals surface area (Å²) < 4.78 is 36.7. The number of nitrogens with zero attached hydrogens (tertiary/aromatic N) is 1. The van der Waals surface area contributed by atoms with Gasteiger partial charge in [0.15, 0.2) is 0 Å². The minimum Gasteiger partial charge on any atom is -0.317 e. The highest BCUT2D eigenvalue weighted by Crippen LogP contribution is 2.23. The Labute approximate surface area is 93.0 Å². The molecule has 0 radical (unpaired) electrons. The van der Waals surface area contributed by atoms with Crippen LogP contribution in [-0.4, -0.2) is 35.7 Å². The van der Waals surface area contributed by atoms with E-state index in [0.29, 0.717) is 6.42 Å². The molecule has 1 aliphatic heterocycles. The molecular weight excluding hydrogens is 221 g/mol. The molecule has 94 valence electrons. The topological polar surface area (TPSA) is 32.3 Å². The molecule has 0 bridgehead atoms. The highest BCUT2D eigenvalue weighted by molar-refractivity contribution is 5.84. The Balaban J connectivity index is 2.64. The predicted octanol–water partition coefficient (Wildman–Crippen LogP) is 1.74. The van der Waals surface area contributed by atoms with E-state index in [1.165, 1.54) is 0 Å². The second-order valence-electron chi connectivity index (χ2n) is 4.61. The predicted molar refractivity (Wildman–Crippen MR) is 53.6 cm³/mol. The summed E-state index contributed by atoms with van der Waals surface area (Å²) in [5, 5.41) is 2.88. The summed E-state index contributed by atoms with van der Waals surface area (Å²) in [7, 11) is 0. The fourth-order valence-corrected chi connectivity index (χ4v) is 1.89. The molecule has 6 heteroatoms. The van der Waals surface area contributed by atoms with Crippen LogP contribution in [0, 0.1) is 5.92 Å². The molecule has 2 unspecified atom stereocenters. The van der Waals surface area contributed by atoms with Gasteiger partial charge in [0.1, 0.15) is 6.54 Å². The molecule has 0 aromatic rings. The van der Waals surface area contributed by atoms with Gasteiger partial charge in [-0.25, -0.2) is 0 Å². The molecular formula is C10H17F3N2O. The van der Waals surface area contributed by atoms with Gasteiger partial charge in [0, 0.05) is 0 Å². The third kappa shape index (κ3) is 3.37. The molecule has 3 nitrogen and oxygen atoms in total. The van der Waals surface area contributed by atoms with E-state index in [0.717, 1.165) is 4.90 Å². The van der Waals surface area contributed by atoms with Crippen molar-refractivity contribution < 1.29 is 18.0 Å². The van der Waals surface area contributed by atoms with Crippen molar-refractivity contribution in [2.45, 2.75) is 45.6 Å². The van der Waals surface area contributed by atoms with Crippen LogP contribution < -0.4 is 5.32 Å². The second kappa shape index (κ2) is 4.61. The number of amides is 1. The molecule has 1 saturated heterocycles. The number of rotatable bonds is 3. The number of hydrogen-bond acceptors (Lipinski definition) is 2. The Hall–Kier alpha value is -0.780. The van der Waals surface area contributed by atoms with Crippen LogP contribution in [0.15, 0.2) is 0 Å². The van der Waals surface area contributed by atoms with Gasteiger partial charge in [0.2, 0.25) is 5.91 Å². The van der Waals surface area contributed by atoms with Crippen LogP contribution in [0.2, 0.25) is 0 Å². The fraction of sp³-hybridized carbons (Fsp3) is 0.900. The Kier molecular flexibility index (Phi) is 3.83. The van der Waals surface area contributed by atoms with Crippen molar-refractivity contribution in [1.29, 1.82) is 0 Å². The van der Waals surface area contributed by atoms with E-state index in [1.807, 2.05) is 13.8 Å². The van der Waals surface area contributed by atoms with Crippen LogP contribution in [0.4, 0.5) is 13.2 Å². The monoisotopic (exact) mass is 238 g/mol. The van der Waals surface area contributed by atoms with Gasteiger partial charge in [0.25, 0.3) is 0 Å². The first-order valence-corrected chi connectivity index (χ1v) is 5.34. The summed E-state index contributed by atoms with van der Waals surface area (Å²) in [6.45, 7) is 4.27. The number of carbonyl (C=O) groups is 1. The van der Waals surface area contributed by atoms with E-state index in [1.54, 1.807) is 6.92 Å². The van der Waals surface area contributed by atoms with E-state index in [4.69, 9.17) is 0 Å². The fourth-order valence-electron chi connectivity index (χ4n) is 1.89. The lowest BCUT2D eigenvalue weighted by Gasteiger charge is -2.22. The van der Waals surface area contributed by atoms with E-state index in [-0.39, 0.29) is 5.92 Å². The molecule has 2 atom stereocenters. The summed E-state index contributed by atoms with van der Waals surface area (Å²) in [5.74, 6) is -0.169. The standard InChI is InChI=1S/C10H17F3N2O/c1-6(2)4-8-9(16)15(7(3)14-8)5-10(11,12)13/h6-8,14H,4-5H2,1-3H3. The summed E-state index contributed by atoms with van der Waals surface area (Å²) in [4.78, 5) is 12.5. The molecule has 16 heavy (non-hydrogen) atoms.